The summed E-state index contributed by atoms with van der Waals surface area (Å²) in [6.07, 6.45) is 7.96. The Morgan fingerprint density at radius 1 is 1.10 bits per heavy atom. The van der Waals surface area contributed by atoms with Crippen molar-refractivity contribution in [2.45, 2.75) is 57.5 Å². The van der Waals surface area contributed by atoms with Gasteiger partial charge in [0.05, 0.1) is 6.04 Å². The summed E-state index contributed by atoms with van der Waals surface area (Å²) in [7, 11) is 0. The van der Waals surface area contributed by atoms with Crippen molar-refractivity contribution in [1.29, 1.82) is 0 Å². The number of fused-ring (bicyclic) bond motifs is 1. The van der Waals surface area contributed by atoms with E-state index in [9.17, 15) is 4.79 Å². The normalized spacial score (nSPS) is 39.0. The largest absolute Gasteiger partial charge is 0.337 e. The summed E-state index contributed by atoms with van der Waals surface area (Å²) in [6.45, 7) is 5.79. The van der Waals surface area contributed by atoms with Crippen molar-refractivity contribution in [3.63, 3.8) is 0 Å². The summed E-state index contributed by atoms with van der Waals surface area (Å²) in [5, 5.41) is 7.31. The lowest BCUT2D eigenvalue weighted by Gasteiger charge is -2.47. The van der Waals surface area contributed by atoms with Gasteiger partial charge >= 0.3 is 0 Å². The molecule has 4 heteroatoms. The highest BCUT2D eigenvalue weighted by Gasteiger charge is 2.41. The second-order valence-corrected chi connectivity index (χ2v) is 6.81. The Hall–Kier alpha value is -0.610. The first kappa shape index (κ1) is 14.3. The van der Waals surface area contributed by atoms with Crippen LogP contribution in [-0.2, 0) is 4.79 Å². The molecule has 0 spiro atoms. The zero-order chi connectivity index (χ0) is 13.9. The summed E-state index contributed by atoms with van der Waals surface area (Å²) in [4.78, 5) is 14.2. The van der Waals surface area contributed by atoms with Crippen molar-refractivity contribution in [1.82, 2.24) is 15.5 Å². The maximum Gasteiger partial charge on any atom is 0.219 e. The number of carbonyl (C=O) groups is 1. The molecule has 1 aliphatic carbocycles. The fraction of sp³-hybridized carbons (Fsp3) is 0.938. The fourth-order valence-corrected chi connectivity index (χ4v) is 4.69. The molecule has 0 aromatic heterocycles. The quantitative estimate of drug-likeness (QED) is 0.762. The van der Waals surface area contributed by atoms with Gasteiger partial charge in [-0.05, 0) is 44.2 Å². The lowest BCUT2D eigenvalue weighted by molar-refractivity contribution is -0.132. The lowest BCUT2D eigenvalue weighted by Crippen LogP contribution is -2.61. The second kappa shape index (κ2) is 6.44. The van der Waals surface area contributed by atoms with E-state index in [4.69, 9.17) is 0 Å². The van der Waals surface area contributed by atoms with Gasteiger partial charge in [0, 0.05) is 26.1 Å². The maximum absolute atomic E-state index is 12.0. The Morgan fingerprint density at radius 3 is 2.80 bits per heavy atom. The van der Waals surface area contributed by atoms with E-state index in [-0.39, 0.29) is 5.91 Å². The van der Waals surface area contributed by atoms with Gasteiger partial charge in [0.2, 0.25) is 5.91 Å². The van der Waals surface area contributed by atoms with Gasteiger partial charge in [-0.2, -0.15) is 0 Å². The fourth-order valence-electron chi connectivity index (χ4n) is 4.69. The van der Waals surface area contributed by atoms with Crippen molar-refractivity contribution in [2.75, 3.05) is 26.2 Å². The van der Waals surface area contributed by atoms with Crippen LogP contribution in [0.4, 0.5) is 0 Å². The highest BCUT2D eigenvalue weighted by atomic mass is 16.2. The molecule has 2 unspecified atom stereocenters. The monoisotopic (exact) mass is 279 g/mol. The Labute approximate surface area is 122 Å². The van der Waals surface area contributed by atoms with Gasteiger partial charge in [0.1, 0.15) is 0 Å². The van der Waals surface area contributed by atoms with Gasteiger partial charge in [0.25, 0.3) is 0 Å². The lowest BCUT2D eigenvalue weighted by atomic mass is 9.69. The standard InChI is InChI=1S/C16H29N3O/c1-12(20)19-10-4-8-17-11-15(19)16-14-6-3-2-5-13(14)7-9-18-16/h13-18H,2-11H2,1H3/t13-,14-,15?,16?/m1/s1. The van der Waals surface area contributed by atoms with Gasteiger partial charge in [-0.1, -0.05) is 19.3 Å². The number of nitrogens with zero attached hydrogens (tertiary/aromatic N) is 1. The predicted molar refractivity (Wildman–Crippen MR) is 80.5 cm³/mol. The number of carbonyl (C=O) groups excluding carboxylic acids is 1. The molecule has 0 aromatic carbocycles. The zero-order valence-electron chi connectivity index (χ0n) is 12.7. The van der Waals surface area contributed by atoms with Crippen LogP contribution in [0.3, 0.4) is 0 Å². The van der Waals surface area contributed by atoms with E-state index in [1.165, 1.54) is 32.1 Å². The molecule has 0 radical (unpaired) electrons. The van der Waals surface area contributed by atoms with Crippen molar-refractivity contribution in [2.24, 2.45) is 11.8 Å². The number of rotatable bonds is 1. The summed E-state index contributed by atoms with van der Waals surface area (Å²) >= 11 is 0. The molecule has 0 aromatic rings. The highest BCUT2D eigenvalue weighted by Crippen LogP contribution is 2.38. The molecular weight excluding hydrogens is 250 g/mol. The summed E-state index contributed by atoms with van der Waals surface area (Å²) in [5.74, 6) is 1.93. The molecule has 3 rings (SSSR count). The Balaban J connectivity index is 1.78. The van der Waals surface area contributed by atoms with E-state index in [1.807, 2.05) is 0 Å². The first-order chi connectivity index (χ1) is 9.77. The van der Waals surface area contributed by atoms with Crippen LogP contribution < -0.4 is 10.6 Å². The molecule has 2 aliphatic heterocycles. The SMILES string of the molecule is CC(=O)N1CCCNCC1C1NCC[C@H]2CCCC[C@@H]12. The highest BCUT2D eigenvalue weighted by molar-refractivity contribution is 5.73. The number of hydrogen-bond donors (Lipinski definition) is 2. The summed E-state index contributed by atoms with van der Waals surface area (Å²) < 4.78 is 0. The van der Waals surface area contributed by atoms with Crippen molar-refractivity contribution in [3.8, 4) is 0 Å². The molecule has 2 heterocycles. The van der Waals surface area contributed by atoms with Crippen LogP contribution in [0.2, 0.25) is 0 Å². The molecule has 0 bridgehead atoms. The van der Waals surface area contributed by atoms with Gasteiger partial charge in [0.15, 0.2) is 0 Å². The average molecular weight is 279 g/mol. The third kappa shape index (κ3) is 2.86. The molecule has 3 aliphatic rings. The molecule has 1 amide bonds. The van der Waals surface area contributed by atoms with Crippen LogP contribution in [0.5, 0.6) is 0 Å². The van der Waals surface area contributed by atoms with Gasteiger partial charge in [-0.25, -0.2) is 0 Å². The van der Waals surface area contributed by atoms with Crippen LogP contribution in [-0.4, -0.2) is 49.1 Å². The minimum absolute atomic E-state index is 0.249. The molecule has 1 saturated carbocycles. The maximum atomic E-state index is 12.0. The van der Waals surface area contributed by atoms with E-state index >= 15 is 0 Å². The van der Waals surface area contributed by atoms with Crippen molar-refractivity contribution < 1.29 is 4.79 Å². The third-order valence-electron chi connectivity index (χ3n) is 5.65. The molecule has 20 heavy (non-hydrogen) atoms. The molecule has 2 N–H and O–H groups in total. The topological polar surface area (TPSA) is 44.4 Å². The minimum atomic E-state index is 0.249. The molecule has 3 fully saturated rings. The van der Waals surface area contributed by atoms with Crippen LogP contribution in [0.1, 0.15) is 45.4 Å². The predicted octanol–water partition coefficient (Wildman–Crippen LogP) is 1.37. The minimum Gasteiger partial charge on any atom is -0.337 e. The van der Waals surface area contributed by atoms with Gasteiger partial charge < -0.3 is 15.5 Å². The smallest absolute Gasteiger partial charge is 0.219 e. The summed E-state index contributed by atoms with van der Waals surface area (Å²) in [5.41, 5.74) is 0. The van der Waals surface area contributed by atoms with E-state index in [2.05, 4.69) is 15.5 Å². The van der Waals surface area contributed by atoms with Crippen LogP contribution in [0.15, 0.2) is 0 Å². The van der Waals surface area contributed by atoms with Crippen LogP contribution >= 0.6 is 0 Å². The van der Waals surface area contributed by atoms with Gasteiger partial charge in [-0.3, -0.25) is 4.79 Å². The van der Waals surface area contributed by atoms with Crippen LogP contribution in [0.25, 0.3) is 0 Å². The molecule has 2 saturated heterocycles. The first-order valence-electron chi connectivity index (χ1n) is 8.48. The number of piperidine rings is 1. The van der Waals surface area contributed by atoms with Crippen LogP contribution in [0, 0.1) is 11.8 Å². The molecular formula is C16H29N3O. The molecule has 4 atom stereocenters. The Morgan fingerprint density at radius 2 is 1.95 bits per heavy atom. The molecule has 114 valence electrons. The van der Waals surface area contributed by atoms with E-state index in [1.54, 1.807) is 6.92 Å². The van der Waals surface area contributed by atoms with E-state index < -0.39 is 0 Å². The Bertz CT molecular complexity index is 345. The van der Waals surface area contributed by atoms with E-state index in [0.29, 0.717) is 12.1 Å². The van der Waals surface area contributed by atoms with Crippen molar-refractivity contribution in [3.05, 3.63) is 0 Å². The number of amides is 1. The number of hydrogen-bond acceptors (Lipinski definition) is 3. The average Bonchev–Trinajstić information content (AvgIpc) is 2.72. The Kier molecular flexibility index (Phi) is 4.61. The van der Waals surface area contributed by atoms with Crippen molar-refractivity contribution >= 4 is 5.91 Å². The summed E-state index contributed by atoms with van der Waals surface area (Å²) in [6, 6.07) is 0.851. The zero-order valence-corrected chi connectivity index (χ0v) is 12.7. The molecule has 4 nitrogen and oxygen atoms in total. The second-order valence-electron chi connectivity index (χ2n) is 6.81. The van der Waals surface area contributed by atoms with E-state index in [0.717, 1.165) is 44.4 Å². The third-order valence-corrected chi connectivity index (χ3v) is 5.65. The first-order valence-corrected chi connectivity index (χ1v) is 8.48. The number of nitrogens with one attached hydrogen (secondary N) is 2. The van der Waals surface area contributed by atoms with Gasteiger partial charge in [-0.15, -0.1) is 0 Å².